The van der Waals surface area contributed by atoms with Gasteiger partial charge in [-0.25, -0.2) is 0 Å². The quantitative estimate of drug-likeness (QED) is 0.889. The second-order valence-corrected chi connectivity index (χ2v) is 5.03. The predicted molar refractivity (Wildman–Crippen MR) is 66.3 cm³/mol. The van der Waals surface area contributed by atoms with E-state index in [9.17, 15) is 13.2 Å². The Bertz CT molecular complexity index is 395. The van der Waals surface area contributed by atoms with Crippen LogP contribution in [-0.4, -0.2) is 17.1 Å². The topological polar surface area (TPSA) is 50.9 Å². The van der Waals surface area contributed by atoms with Crippen molar-refractivity contribution in [2.24, 2.45) is 5.73 Å². The summed E-state index contributed by atoms with van der Waals surface area (Å²) in [6, 6.07) is 3.60. The highest BCUT2D eigenvalue weighted by Crippen LogP contribution is 2.28. The second kappa shape index (κ2) is 5.88. The maximum atomic E-state index is 12.2. The highest BCUT2D eigenvalue weighted by atomic mass is 19.4. The van der Waals surface area contributed by atoms with Gasteiger partial charge in [-0.1, -0.05) is 0 Å². The van der Waals surface area contributed by atoms with Crippen molar-refractivity contribution in [2.45, 2.75) is 50.5 Å². The van der Waals surface area contributed by atoms with E-state index in [1.807, 2.05) is 0 Å². The van der Waals surface area contributed by atoms with Gasteiger partial charge >= 0.3 is 6.18 Å². The van der Waals surface area contributed by atoms with Crippen LogP contribution >= 0.6 is 0 Å². The fraction of sp³-hybridized carbons (Fsp3) is 0.615. The fourth-order valence-corrected chi connectivity index (χ4v) is 1.33. The number of hydrogen-bond acceptors (Lipinski definition) is 3. The Morgan fingerprint density at radius 1 is 1.21 bits per heavy atom. The molecule has 1 aromatic heterocycles. The van der Waals surface area contributed by atoms with Crippen molar-refractivity contribution < 1.29 is 13.2 Å². The van der Waals surface area contributed by atoms with Crippen molar-refractivity contribution >= 4 is 0 Å². The maximum absolute atomic E-state index is 12.2. The highest BCUT2D eigenvalue weighted by Gasteiger charge is 2.30. The summed E-state index contributed by atoms with van der Waals surface area (Å²) in [4.78, 5) is 3.76. The highest BCUT2D eigenvalue weighted by molar-refractivity contribution is 5.16. The minimum Gasteiger partial charge on any atom is -0.328 e. The van der Waals surface area contributed by atoms with Gasteiger partial charge < -0.3 is 11.1 Å². The second-order valence-electron chi connectivity index (χ2n) is 5.03. The smallest absolute Gasteiger partial charge is 0.328 e. The Morgan fingerprint density at radius 3 is 2.21 bits per heavy atom. The third-order valence-electron chi connectivity index (χ3n) is 2.92. The number of aromatic nitrogens is 1. The summed E-state index contributed by atoms with van der Waals surface area (Å²) < 4.78 is 36.6. The molecule has 0 atom stereocenters. The van der Waals surface area contributed by atoms with E-state index in [0.717, 1.165) is 25.1 Å². The van der Waals surface area contributed by atoms with Gasteiger partial charge in [-0.3, -0.25) is 4.98 Å². The standard InChI is InChI=1S/C10H11F3N2.C3H7N/c11-10(12,13)7-1-2-9(14-5-7)6-15-8-3-4-8;4-3-1-2-3/h1-2,5,8,15H,3-4,6H2;3H,1-2,4H2. The molecule has 3 nitrogen and oxygen atoms in total. The number of hydrogen-bond donors (Lipinski definition) is 2. The van der Waals surface area contributed by atoms with Crippen LogP contribution < -0.4 is 11.1 Å². The third kappa shape index (κ3) is 5.57. The van der Waals surface area contributed by atoms with Gasteiger partial charge in [0.05, 0.1) is 11.3 Å². The number of nitrogens with two attached hydrogens (primary N) is 1. The SMILES string of the molecule is FC(F)(F)c1ccc(CNC2CC2)nc1.NC1CC1. The summed E-state index contributed by atoms with van der Waals surface area (Å²) in [6.45, 7) is 0.544. The molecule has 0 radical (unpaired) electrons. The predicted octanol–water partition coefficient (Wildman–Crippen LogP) is 2.46. The molecule has 2 aliphatic rings. The van der Waals surface area contributed by atoms with Crippen LogP contribution in [0.1, 0.15) is 36.9 Å². The largest absolute Gasteiger partial charge is 0.417 e. The normalized spacial score (nSPS) is 18.7. The third-order valence-corrected chi connectivity index (χ3v) is 2.92. The van der Waals surface area contributed by atoms with Crippen LogP contribution in [0.3, 0.4) is 0 Å². The van der Waals surface area contributed by atoms with E-state index in [0.29, 0.717) is 24.3 Å². The lowest BCUT2D eigenvalue weighted by atomic mass is 10.2. The minimum absolute atomic E-state index is 0.536. The van der Waals surface area contributed by atoms with E-state index in [-0.39, 0.29) is 0 Å². The van der Waals surface area contributed by atoms with Crippen molar-refractivity contribution in [3.8, 4) is 0 Å². The number of nitrogens with zero attached hydrogens (tertiary/aromatic N) is 1. The Kier molecular flexibility index (Phi) is 4.42. The molecular formula is C13H18F3N3. The van der Waals surface area contributed by atoms with Crippen LogP contribution in [0.4, 0.5) is 13.2 Å². The molecule has 6 heteroatoms. The molecule has 0 spiro atoms. The van der Waals surface area contributed by atoms with E-state index in [1.165, 1.54) is 18.9 Å². The number of halogens is 3. The van der Waals surface area contributed by atoms with Gasteiger partial charge in [-0.15, -0.1) is 0 Å². The van der Waals surface area contributed by atoms with E-state index in [4.69, 9.17) is 5.73 Å². The van der Waals surface area contributed by atoms with E-state index < -0.39 is 11.7 Å². The van der Waals surface area contributed by atoms with Gasteiger partial charge in [-0.05, 0) is 37.8 Å². The number of pyridine rings is 1. The Morgan fingerprint density at radius 2 is 1.84 bits per heavy atom. The first-order chi connectivity index (χ1) is 8.95. The molecule has 1 aromatic rings. The van der Waals surface area contributed by atoms with Gasteiger partial charge in [0.2, 0.25) is 0 Å². The number of rotatable bonds is 3. The molecule has 1 heterocycles. The molecule has 19 heavy (non-hydrogen) atoms. The molecule has 0 saturated heterocycles. The van der Waals surface area contributed by atoms with Crippen LogP contribution in [0.2, 0.25) is 0 Å². The van der Waals surface area contributed by atoms with Crippen molar-refractivity contribution in [3.05, 3.63) is 29.6 Å². The summed E-state index contributed by atoms with van der Waals surface area (Å²) in [5.74, 6) is 0. The molecule has 0 bridgehead atoms. The molecular weight excluding hydrogens is 255 g/mol. The Labute approximate surface area is 110 Å². The zero-order valence-electron chi connectivity index (χ0n) is 10.6. The lowest BCUT2D eigenvalue weighted by Crippen LogP contribution is -2.16. The maximum Gasteiger partial charge on any atom is 0.417 e. The van der Waals surface area contributed by atoms with Gasteiger partial charge in [0.1, 0.15) is 0 Å². The van der Waals surface area contributed by atoms with E-state index >= 15 is 0 Å². The van der Waals surface area contributed by atoms with E-state index in [2.05, 4.69) is 10.3 Å². The minimum atomic E-state index is -4.30. The van der Waals surface area contributed by atoms with Crippen molar-refractivity contribution in [3.63, 3.8) is 0 Å². The Balaban J connectivity index is 0.000000284. The first-order valence-electron chi connectivity index (χ1n) is 6.46. The number of alkyl halides is 3. The molecule has 0 aliphatic heterocycles. The molecule has 2 fully saturated rings. The van der Waals surface area contributed by atoms with Crippen molar-refractivity contribution in [1.82, 2.24) is 10.3 Å². The molecule has 0 amide bonds. The molecule has 2 aliphatic carbocycles. The molecule has 2 saturated carbocycles. The summed E-state index contributed by atoms with van der Waals surface area (Å²) >= 11 is 0. The molecule has 0 unspecified atom stereocenters. The van der Waals surface area contributed by atoms with Gasteiger partial charge in [0.25, 0.3) is 0 Å². The van der Waals surface area contributed by atoms with Gasteiger partial charge in [-0.2, -0.15) is 13.2 Å². The van der Waals surface area contributed by atoms with Gasteiger partial charge in [0.15, 0.2) is 0 Å². The van der Waals surface area contributed by atoms with Crippen molar-refractivity contribution in [1.29, 1.82) is 0 Å². The zero-order chi connectivity index (χ0) is 13.9. The summed E-state index contributed by atoms with van der Waals surface area (Å²) in [7, 11) is 0. The van der Waals surface area contributed by atoms with E-state index in [1.54, 1.807) is 0 Å². The van der Waals surface area contributed by atoms with Crippen LogP contribution in [0.25, 0.3) is 0 Å². The fourth-order valence-electron chi connectivity index (χ4n) is 1.33. The lowest BCUT2D eigenvalue weighted by Gasteiger charge is -2.07. The first-order valence-corrected chi connectivity index (χ1v) is 6.46. The lowest BCUT2D eigenvalue weighted by molar-refractivity contribution is -0.137. The summed E-state index contributed by atoms with van der Waals surface area (Å²) in [5, 5.41) is 3.19. The first kappa shape index (κ1) is 14.3. The molecule has 3 N–H and O–H groups in total. The number of nitrogens with one attached hydrogen (secondary N) is 1. The Hall–Kier alpha value is -1.14. The van der Waals surface area contributed by atoms with Crippen molar-refractivity contribution in [2.75, 3.05) is 0 Å². The zero-order valence-corrected chi connectivity index (χ0v) is 10.6. The van der Waals surface area contributed by atoms with Gasteiger partial charge in [0, 0.05) is 24.8 Å². The average Bonchev–Trinajstić information content (AvgIpc) is 3.23. The molecule has 106 valence electrons. The average molecular weight is 273 g/mol. The molecule has 3 rings (SSSR count). The van der Waals surface area contributed by atoms with Crippen LogP contribution in [0, 0.1) is 0 Å². The van der Waals surface area contributed by atoms with Crippen LogP contribution in [0.5, 0.6) is 0 Å². The van der Waals surface area contributed by atoms with Crippen LogP contribution in [-0.2, 0) is 12.7 Å². The monoisotopic (exact) mass is 273 g/mol. The summed E-state index contributed by atoms with van der Waals surface area (Å²) in [6.07, 6.45) is 1.42. The van der Waals surface area contributed by atoms with Crippen LogP contribution in [0.15, 0.2) is 18.3 Å². The molecule has 0 aromatic carbocycles. The summed E-state index contributed by atoms with van der Waals surface area (Å²) in [5.41, 5.74) is 5.17.